The van der Waals surface area contributed by atoms with Gasteiger partial charge in [0.15, 0.2) is 11.6 Å². The van der Waals surface area contributed by atoms with Crippen LogP contribution in [0.25, 0.3) is 0 Å². The number of pyridine rings is 1. The fourth-order valence-electron chi connectivity index (χ4n) is 4.51. The maximum absolute atomic E-state index is 13.5. The van der Waals surface area contributed by atoms with Crippen LogP contribution in [0.3, 0.4) is 0 Å². The van der Waals surface area contributed by atoms with E-state index in [0.29, 0.717) is 6.61 Å². The highest BCUT2D eigenvalue weighted by Gasteiger charge is 2.21. The molecule has 1 aromatic heterocycles. The molecular formula is C27H31F2N3O. The van der Waals surface area contributed by atoms with Crippen LogP contribution in [-0.4, -0.2) is 49.2 Å². The molecule has 0 radical (unpaired) electrons. The van der Waals surface area contributed by atoms with E-state index in [-0.39, 0.29) is 17.6 Å². The molecule has 0 aliphatic carbocycles. The molecule has 2 aromatic carbocycles. The zero-order valence-corrected chi connectivity index (χ0v) is 19.1. The van der Waals surface area contributed by atoms with Crippen LogP contribution < -0.4 is 9.64 Å². The zero-order valence-electron chi connectivity index (χ0n) is 19.1. The molecule has 1 aliphatic heterocycles. The molecule has 0 atom stereocenters. The van der Waals surface area contributed by atoms with Gasteiger partial charge < -0.3 is 9.64 Å². The molecule has 0 unspecified atom stereocenters. The monoisotopic (exact) mass is 451 g/mol. The number of hydrogen-bond donors (Lipinski definition) is 0. The van der Waals surface area contributed by atoms with E-state index in [9.17, 15) is 8.78 Å². The highest BCUT2D eigenvalue weighted by atomic mass is 19.1. The summed E-state index contributed by atoms with van der Waals surface area (Å²) in [7, 11) is 0. The first-order valence-electron chi connectivity index (χ1n) is 11.7. The molecule has 4 rings (SSSR count). The Morgan fingerprint density at radius 2 is 1.48 bits per heavy atom. The van der Waals surface area contributed by atoms with E-state index >= 15 is 0 Å². The van der Waals surface area contributed by atoms with Crippen molar-refractivity contribution >= 4 is 5.82 Å². The van der Waals surface area contributed by atoms with Crippen molar-refractivity contribution in [1.29, 1.82) is 0 Å². The first kappa shape index (κ1) is 23.2. The molecule has 1 fully saturated rings. The van der Waals surface area contributed by atoms with Crippen molar-refractivity contribution in [2.45, 2.75) is 25.7 Å². The highest BCUT2D eigenvalue weighted by Crippen LogP contribution is 2.30. The van der Waals surface area contributed by atoms with Crippen LogP contribution in [0.2, 0.25) is 0 Å². The predicted molar refractivity (Wildman–Crippen MR) is 128 cm³/mol. The van der Waals surface area contributed by atoms with E-state index in [1.54, 1.807) is 0 Å². The van der Waals surface area contributed by atoms with E-state index in [4.69, 9.17) is 4.74 Å². The van der Waals surface area contributed by atoms with Crippen molar-refractivity contribution in [3.8, 4) is 5.75 Å². The molecular weight excluding hydrogens is 420 g/mol. The molecule has 1 aliphatic rings. The largest absolute Gasteiger partial charge is 0.490 e. The molecule has 0 spiro atoms. The Balaban J connectivity index is 1.34. The first-order valence-corrected chi connectivity index (χ1v) is 11.7. The molecule has 174 valence electrons. The lowest BCUT2D eigenvalue weighted by Gasteiger charge is -2.36. The summed E-state index contributed by atoms with van der Waals surface area (Å²) in [5.74, 6) is 1.40. The average Bonchev–Trinajstić information content (AvgIpc) is 2.84. The van der Waals surface area contributed by atoms with Crippen molar-refractivity contribution in [2.24, 2.45) is 0 Å². The van der Waals surface area contributed by atoms with Gasteiger partial charge in [-0.2, -0.15) is 0 Å². The average molecular weight is 452 g/mol. The third-order valence-corrected chi connectivity index (χ3v) is 6.23. The van der Waals surface area contributed by atoms with Crippen molar-refractivity contribution in [3.63, 3.8) is 0 Å². The Kier molecular flexibility index (Phi) is 7.89. The van der Waals surface area contributed by atoms with E-state index < -0.39 is 0 Å². The molecule has 33 heavy (non-hydrogen) atoms. The molecule has 0 N–H and O–H groups in total. The van der Waals surface area contributed by atoms with Gasteiger partial charge in [-0.15, -0.1) is 0 Å². The van der Waals surface area contributed by atoms with Crippen LogP contribution in [-0.2, 0) is 0 Å². The number of anilines is 1. The Hall–Kier alpha value is -2.99. The molecule has 0 saturated carbocycles. The minimum absolute atomic E-state index is 0.120. The van der Waals surface area contributed by atoms with E-state index in [2.05, 4.69) is 14.8 Å². The second-order valence-electron chi connectivity index (χ2n) is 8.38. The Morgan fingerprint density at radius 1 is 0.879 bits per heavy atom. The number of hydrogen-bond acceptors (Lipinski definition) is 4. The van der Waals surface area contributed by atoms with E-state index in [1.807, 2.05) is 49.5 Å². The number of piperazine rings is 1. The van der Waals surface area contributed by atoms with Gasteiger partial charge in [0.2, 0.25) is 0 Å². The molecule has 0 bridgehead atoms. The maximum Gasteiger partial charge on any atom is 0.171 e. The Morgan fingerprint density at radius 3 is 2.06 bits per heavy atom. The second-order valence-corrected chi connectivity index (χ2v) is 8.38. The van der Waals surface area contributed by atoms with Gasteiger partial charge >= 0.3 is 0 Å². The summed E-state index contributed by atoms with van der Waals surface area (Å²) in [5.41, 5.74) is 2.12. The Bertz CT molecular complexity index is 957. The number of rotatable bonds is 9. The van der Waals surface area contributed by atoms with Crippen LogP contribution in [0.15, 0.2) is 66.9 Å². The molecule has 3 aromatic rings. The summed E-state index contributed by atoms with van der Waals surface area (Å²) in [6.07, 6.45) is 3.74. The van der Waals surface area contributed by atoms with Crippen molar-refractivity contribution in [2.75, 3.05) is 44.2 Å². The standard InChI is InChI=1S/C27H31F2N3O/c1-2-33-26-6-3-15-30-27(26)32-19-17-31(18-20-32)16-4-5-25(21-7-11-23(28)12-8-21)22-9-13-24(29)14-10-22/h3,6-15,25H,2,4-5,16-20H2,1H3. The number of ether oxygens (including phenoxy) is 1. The van der Waals surface area contributed by atoms with Gasteiger partial charge in [-0.1, -0.05) is 24.3 Å². The predicted octanol–water partition coefficient (Wildman–Crippen LogP) is 5.49. The fraction of sp³-hybridized carbons (Fsp3) is 0.370. The lowest BCUT2D eigenvalue weighted by Crippen LogP contribution is -2.47. The van der Waals surface area contributed by atoms with E-state index in [1.165, 1.54) is 24.3 Å². The number of benzene rings is 2. The Labute approximate surface area is 194 Å². The number of nitrogens with zero attached hydrogens (tertiary/aromatic N) is 3. The number of aromatic nitrogens is 1. The summed E-state index contributed by atoms with van der Waals surface area (Å²) in [6, 6.07) is 17.2. The number of halogens is 2. The zero-order chi connectivity index (χ0) is 23.0. The van der Waals surface area contributed by atoms with Gasteiger partial charge in [-0.05, 0) is 73.8 Å². The first-order chi connectivity index (χ1) is 16.1. The highest BCUT2D eigenvalue weighted by molar-refractivity contribution is 5.52. The minimum atomic E-state index is -0.241. The van der Waals surface area contributed by atoms with Crippen LogP contribution in [0.5, 0.6) is 5.75 Å². The smallest absolute Gasteiger partial charge is 0.171 e. The quantitative estimate of drug-likeness (QED) is 0.430. The lowest BCUT2D eigenvalue weighted by atomic mass is 9.87. The summed E-state index contributed by atoms with van der Waals surface area (Å²) < 4.78 is 32.6. The molecule has 4 nitrogen and oxygen atoms in total. The van der Waals surface area contributed by atoms with Gasteiger partial charge in [0.25, 0.3) is 0 Å². The van der Waals surface area contributed by atoms with Gasteiger partial charge in [-0.3, -0.25) is 4.90 Å². The topological polar surface area (TPSA) is 28.6 Å². The van der Waals surface area contributed by atoms with Crippen molar-refractivity contribution < 1.29 is 13.5 Å². The summed E-state index contributed by atoms with van der Waals surface area (Å²) >= 11 is 0. The van der Waals surface area contributed by atoms with Crippen LogP contribution >= 0.6 is 0 Å². The van der Waals surface area contributed by atoms with Gasteiger partial charge in [-0.25, -0.2) is 13.8 Å². The third kappa shape index (κ3) is 6.08. The second kappa shape index (κ2) is 11.2. The molecule has 1 saturated heterocycles. The van der Waals surface area contributed by atoms with Crippen LogP contribution in [0.4, 0.5) is 14.6 Å². The minimum Gasteiger partial charge on any atom is -0.490 e. The normalized spacial score (nSPS) is 14.6. The van der Waals surface area contributed by atoms with Crippen LogP contribution in [0, 0.1) is 11.6 Å². The maximum atomic E-state index is 13.5. The third-order valence-electron chi connectivity index (χ3n) is 6.23. The van der Waals surface area contributed by atoms with Gasteiger partial charge in [0, 0.05) is 38.3 Å². The summed E-state index contributed by atoms with van der Waals surface area (Å²) in [4.78, 5) is 9.31. The lowest BCUT2D eigenvalue weighted by molar-refractivity contribution is 0.249. The van der Waals surface area contributed by atoms with Crippen molar-refractivity contribution in [1.82, 2.24) is 9.88 Å². The van der Waals surface area contributed by atoms with Crippen molar-refractivity contribution in [3.05, 3.63) is 89.6 Å². The van der Waals surface area contributed by atoms with E-state index in [0.717, 1.165) is 68.3 Å². The van der Waals surface area contributed by atoms with Crippen LogP contribution in [0.1, 0.15) is 36.8 Å². The molecule has 2 heterocycles. The van der Waals surface area contributed by atoms with Gasteiger partial charge in [0.05, 0.1) is 6.61 Å². The molecule has 6 heteroatoms. The summed E-state index contributed by atoms with van der Waals surface area (Å²) in [5, 5.41) is 0. The SMILES string of the molecule is CCOc1cccnc1N1CCN(CCCC(c2ccc(F)cc2)c2ccc(F)cc2)CC1. The molecule has 0 amide bonds. The fourth-order valence-corrected chi connectivity index (χ4v) is 4.51. The summed E-state index contributed by atoms with van der Waals surface area (Å²) in [6.45, 7) is 7.38. The van der Waals surface area contributed by atoms with Gasteiger partial charge in [0.1, 0.15) is 11.6 Å².